The van der Waals surface area contributed by atoms with Crippen molar-refractivity contribution in [3.63, 3.8) is 0 Å². The highest BCUT2D eigenvalue weighted by Crippen LogP contribution is 2.31. The Morgan fingerprint density at radius 3 is 2.67 bits per heavy atom. The van der Waals surface area contributed by atoms with Gasteiger partial charge in [0.05, 0.1) is 12.2 Å². The zero-order chi connectivity index (χ0) is 13.3. The molecule has 0 saturated heterocycles. The molecule has 1 aromatic carbocycles. The van der Waals surface area contributed by atoms with Gasteiger partial charge in [-0.15, -0.1) is 0 Å². The highest BCUT2D eigenvalue weighted by molar-refractivity contribution is 6.30. The van der Waals surface area contributed by atoms with Crippen LogP contribution in [-0.2, 0) is 6.54 Å². The van der Waals surface area contributed by atoms with E-state index in [1.807, 2.05) is 29.8 Å². The Morgan fingerprint density at radius 1 is 1.28 bits per heavy atom. The molecule has 0 radical (unpaired) electrons. The lowest BCUT2D eigenvalue weighted by Gasteiger charge is -2.08. The third kappa shape index (κ3) is 2.28. The van der Waals surface area contributed by atoms with Crippen LogP contribution in [0, 0.1) is 20.8 Å². The van der Waals surface area contributed by atoms with Crippen LogP contribution in [0.25, 0.3) is 11.1 Å². The van der Waals surface area contributed by atoms with Crippen LogP contribution in [0.4, 0.5) is 0 Å². The van der Waals surface area contributed by atoms with Gasteiger partial charge in [0.25, 0.3) is 0 Å². The second-order valence-electron chi connectivity index (χ2n) is 4.52. The summed E-state index contributed by atoms with van der Waals surface area (Å²) >= 11 is 6.09. The molecular weight excluding hydrogens is 246 g/mol. The molecule has 0 saturated carbocycles. The van der Waals surface area contributed by atoms with Gasteiger partial charge in [-0.05, 0) is 44.0 Å². The fraction of sp³-hybridized carbons (Fsp3) is 0.357. The number of rotatable bonds is 3. The fourth-order valence-electron chi connectivity index (χ4n) is 2.29. The second-order valence-corrected chi connectivity index (χ2v) is 4.95. The molecule has 2 rings (SSSR count). The summed E-state index contributed by atoms with van der Waals surface area (Å²) in [5.41, 5.74) is 11.3. The highest BCUT2D eigenvalue weighted by Gasteiger charge is 2.15. The first-order valence-corrected chi connectivity index (χ1v) is 6.43. The molecule has 0 bridgehead atoms. The van der Waals surface area contributed by atoms with E-state index >= 15 is 0 Å². The van der Waals surface area contributed by atoms with Crippen LogP contribution in [0.15, 0.2) is 18.2 Å². The summed E-state index contributed by atoms with van der Waals surface area (Å²) in [4.78, 5) is 0. The number of nitrogens with two attached hydrogens (primary N) is 1. The van der Waals surface area contributed by atoms with Crippen LogP contribution in [0.5, 0.6) is 0 Å². The molecule has 0 spiro atoms. The van der Waals surface area contributed by atoms with Crippen LogP contribution < -0.4 is 5.73 Å². The molecule has 0 atom stereocenters. The van der Waals surface area contributed by atoms with Crippen LogP contribution in [0.2, 0.25) is 5.02 Å². The van der Waals surface area contributed by atoms with Crippen molar-refractivity contribution in [2.75, 3.05) is 6.54 Å². The summed E-state index contributed by atoms with van der Waals surface area (Å²) in [6.07, 6.45) is 0. The van der Waals surface area contributed by atoms with Gasteiger partial charge in [0.2, 0.25) is 0 Å². The molecule has 0 aliphatic carbocycles. The maximum atomic E-state index is 6.09. The maximum Gasteiger partial charge on any atom is 0.0675 e. The van der Waals surface area contributed by atoms with Crippen molar-refractivity contribution in [3.05, 3.63) is 40.2 Å². The predicted octanol–water partition coefficient (Wildman–Crippen LogP) is 3.09. The first-order chi connectivity index (χ1) is 8.54. The zero-order valence-electron chi connectivity index (χ0n) is 11.0. The lowest BCUT2D eigenvalue weighted by molar-refractivity contribution is 0.604. The average molecular weight is 264 g/mol. The normalized spacial score (nSPS) is 10.9. The predicted molar refractivity (Wildman–Crippen MR) is 75.9 cm³/mol. The third-order valence-corrected chi connectivity index (χ3v) is 3.43. The number of hydrogen-bond donors (Lipinski definition) is 1. The van der Waals surface area contributed by atoms with Crippen molar-refractivity contribution in [2.45, 2.75) is 27.3 Å². The van der Waals surface area contributed by atoms with E-state index in [1.54, 1.807) is 0 Å². The highest BCUT2D eigenvalue weighted by atomic mass is 35.5. The van der Waals surface area contributed by atoms with Gasteiger partial charge in [-0.3, -0.25) is 4.68 Å². The molecule has 0 unspecified atom stereocenters. The molecule has 1 heterocycles. The Hall–Kier alpha value is -1.32. The Labute approximate surface area is 113 Å². The number of benzene rings is 1. The van der Waals surface area contributed by atoms with E-state index in [0.717, 1.165) is 28.5 Å². The van der Waals surface area contributed by atoms with Crippen LogP contribution in [-0.4, -0.2) is 16.3 Å². The van der Waals surface area contributed by atoms with E-state index in [-0.39, 0.29) is 0 Å². The molecule has 4 heteroatoms. The number of nitrogens with zero attached hydrogens (tertiary/aromatic N) is 2. The van der Waals surface area contributed by atoms with Crippen LogP contribution in [0.1, 0.15) is 17.0 Å². The Bertz CT molecular complexity index is 573. The molecule has 2 aromatic rings. The second kappa shape index (κ2) is 5.12. The maximum absolute atomic E-state index is 6.09. The van der Waals surface area contributed by atoms with Gasteiger partial charge in [-0.2, -0.15) is 5.10 Å². The summed E-state index contributed by atoms with van der Waals surface area (Å²) in [6, 6.07) is 5.95. The van der Waals surface area contributed by atoms with Crippen molar-refractivity contribution in [2.24, 2.45) is 5.73 Å². The van der Waals surface area contributed by atoms with Gasteiger partial charge in [0.1, 0.15) is 0 Å². The fourth-order valence-corrected chi connectivity index (χ4v) is 2.46. The molecule has 0 fully saturated rings. The van der Waals surface area contributed by atoms with Crippen molar-refractivity contribution in [1.29, 1.82) is 0 Å². The van der Waals surface area contributed by atoms with E-state index in [0.29, 0.717) is 6.54 Å². The van der Waals surface area contributed by atoms with Gasteiger partial charge >= 0.3 is 0 Å². The largest absolute Gasteiger partial charge is 0.329 e. The first kappa shape index (κ1) is 13.1. The quantitative estimate of drug-likeness (QED) is 0.925. The number of halogens is 1. The molecule has 1 aromatic heterocycles. The van der Waals surface area contributed by atoms with Gasteiger partial charge in [0.15, 0.2) is 0 Å². The summed E-state index contributed by atoms with van der Waals surface area (Å²) in [5.74, 6) is 0. The summed E-state index contributed by atoms with van der Waals surface area (Å²) in [6.45, 7) is 7.52. The molecular formula is C14H18ClN3. The lowest BCUT2D eigenvalue weighted by atomic mass is 9.99. The van der Waals surface area contributed by atoms with Gasteiger partial charge in [-0.1, -0.05) is 17.7 Å². The lowest BCUT2D eigenvalue weighted by Crippen LogP contribution is -2.12. The van der Waals surface area contributed by atoms with Gasteiger partial charge in [0, 0.05) is 22.8 Å². The molecule has 0 amide bonds. The van der Waals surface area contributed by atoms with E-state index in [1.165, 1.54) is 11.1 Å². The minimum Gasteiger partial charge on any atom is -0.329 e. The van der Waals surface area contributed by atoms with E-state index in [2.05, 4.69) is 18.9 Å². The number of aryl methyl sites for hydroxylation is 2. The molecule has 2 N–H and O–H groups in total. The SMILES string of the molecule is Cc1ccc(Cl)cc1-c1c(C)nn(CCN)c1C. The van der Waals surface area contributed by atoms with E-state index < -0.39 is 0 Å². The number of aromatic nitrogens is 2. The smallest absolute Gasteiger partial charge is 0.0675 e. The van der Waals surface area contributed by atoms with E-state index in [4.69, 9.17) is 17.3 Å². The minimum absolute atomic E-state index is 0.593. The number of hydrogen-bond acceptors (Lipinski definition) is 2. The molecule has 18 heavy (non-hydrogen) atoms. The topological polar surface area (TPSA) is 43.8 Å². The van der Waals surface area contributed by atoms with Crippen molar-refractivity contribution >= 4 is 11.6 Å². The first-order valence-electron chi connectivity index (χ1n) is 6.05. The van der Waals surface area contributed by atoms with Gasteiger partial charge in [-0.25, -0.2) is 0 Å². The summed E-state index contributed by atoms with van der Waals surface area (Å²) in [5, 5.41) is 5.29. The van der Waals surface area contributed by atoms with Crippen molar-refractivity contribution in [3.8, 4) is 11.1 Å². The monoisotopic (exact) mass is 263 g/mol. The summed E-state index contributed by atoms with van der Waals surface area (Å²) in [7, 11) is 0. The third-order valence-electron chi connectivity index (χ3n) is 3.19. The van der Waals surface area contributed by atoms with Crippen LogP contribution in [0.3, 0.4) is 0 Å². The Morgan fingerprint density at radius 2 is 2.00 bits per heavy atom. The molecule has 96 valence electrons. The Kier molecular flexibility index (Phi) is 3.73. The van der Waals surface area contributed by atoms with Crippen LogP contribution >= 0.6 is 11.6 Å². The standard InChI is InChI=1S/C14H18ClN3/c1-9-4-5-12(15)8-13(9)14-10(2)17-18(7-6-16)11(14)3/h4-5,8H,6-7,16H2,1-3H3. The molecule has 0 aliphatic rings. The summed E-state index contributed by atoms with van der Waals surface area (Å²) < 4.78 is 1.96. The molecule has 3 nitrogen and oxygen atoms in total. The average Bonchev–Trinajstić information content (AvgIpc) is 2.59. The Balaban J connectivity index is 2.60. The minimum atomic E-state index is 0.593. The van der Waals surface area contributed by atoms with Gasteiger partial charge < -0.3 is 5.73 Å². The van der Waals surface area contributed by atoms with Crippen molar-refractivity contribution < 1.29 is 0 Å². The molecule has 0 aliphatic heterocycles. The van der Waals surface area contributed by atoms with E-state index in [9.17, 15) is 0 Å². The zero-order valence-corrected chi connectivity index (χ0v) is 11.8. The van der Waals surface area contributed by atoms with Crippen molar-refractivity contribution in [1.82, 2.24) is 9.78 Å².